The largest absolute Gasteiger partial charge is 0.352 e. The first kappa shape index (κ1) is 12.8. The van der Waals surface area contributed by atoms with Crippen LogP contribution >= 0.6 is 0 Å². The number of nitrogens with zero attached hydrogens (tertiary/aromatic N) is 3. The molecule has 0 unspecified atom stereocenters. The summed E-state index contributed by atoms with van der Waals surface area (Å²) < 4.78 is 5.08. The van der Waals surface area contributed by atoms with Crippen LogP contribution in [0, 0.1) is 0 Å². The molecule has 0 saturated heterocycles. The maximum Gasteiger partial charge on any atom is 0.292 e. The summed E-state index contributed by atoms with van der Waals surface area (Å²) in [5, 5.41) is 6.12. The fraction of sp³-hybridized carbons (Fsp3) is 0.583. The summed E-state index contributed by atoms with van der Waals surface area (Å²) >= 11 is 0. The van der Waals surface area contributed by atoms with E-state index < -0.39 is 0 Å². The van der Waals surface area contributed by atoms with E-state index in [1.54, 1.807) is 7.05 Å². The minimum atomic E-state index is -0.324. The molecule has 1 aromatic heterocycles. The van der Waals surface area contributed by atoms with Crippen molar-refractivity contribution >= 4 is 5.91 Å². The van der Waals surface area contributed by atoms with Gasteiger partial charge in [0.05, 0.1) is 6.54 Å². The monoisotopic (exact) mass is 250 g/mol. The van der Waals surface area contributed by atoms with Crippen molar-refractivity contribution in [2.45, 2.75) is 32.4 Å². The lowest BCUT2D eigenvalue weighted by molar-refractivity contribution is 0.0950. The smallest absolute Gasteiger partial charge is 0.292 e. The van der Waals surface area contributed by atoms with Crippen LogP contribution in [0.15, 0.2) is 16.7 Å². The van der Waals surface area contributed by atoms with Crippen LogP contribution in [0.25, 0.3) is 0 Å². The van der Waals surface area contributed by atoms with E-state index in [0.29, 0.717) is 18.5 Å². The van der Waals surface area contributed by atoms with E-state index >= 15 is 0 Å². The number of carbonyl (C=O) groups excluding carboxylic acids is 1. The van der Waals surface area contributed by atoms with Crippen molar-refractivity contribution in [2.75, 3.05) is 13.6 Å². The van der Waals surface area contributed by atoms with Crippen molar-refractivity contribution < 1.29 is 9.32 Å². The number of amides is 1. The minimum Gasteiger partial charge on any atom is -0.352 e. The van der Waals surface area contributed by atoms with Gasteiger partial charge in [-0.1, -0.05) is 30.7 Å². The molecule has 1 aliphatic heterocycles. The Bertz CT molecular complexity index is 441. The van der Waals surface area contributed by atoms with E-state index in [1.165, 1.54) is 0 Å². The summed E-state index contributed by atoms with van der Waals surface area (Å²) in [5.41, 5.74) is 0. The van der Waals surface area contributed by atoms with Crippen LogP contribution in [0.5, 0.6) is 0 Å². The molecule has 0 spiro atoms. The minimum absolute atomic E-state index is 0.0895. The van der Waals surface area contributed by atoms with Gasteiger partial charge in [-0.05, 0) is 6.42 Å². The molecule has 0 fully saturated rings. The first-order valence-electron chi connectivity index (χ1n) is 6.20. The summed E-state index contributed by atoms with van der Waals surface area (Å²) in [6.45, 7) is 3.64. The van der Waals surface area contributed by atoms with E-state index in [0.717, 1.165) is 19.4 Å². The van der Waals surface area contributed by atoms with Gasteiger partial charge >= 0.3 is 0 Å². The number of aromatic nitrogens is 2. The van der Waals surface area contributed by atoms with E-state index in [9.17, 15) is 4.79 Å². The average molecular weight is 250 g/mol. The van der Waals surface area contributed by atoms with Crippen molar-refractivity contribution in [3.63, 3.8) is 0 Å². The third-order valence-corrected chi connectivity index (χ3v) is 2.99. The lowest BCUT2D eigenvalue weighted by Crippen LogP contribution is -2.29. The van der Waals surface area contributed by atoms with E-state index in [2.05, 4.69) is 39.4 Å². The Morgan fingerprint density at radius 2 is 2.50 bits per heavy atom. The van der Waals surface area contributed by atoms with E-state index in [1.807, 2.05) is 0 Å². The molecule has 2 heterocycles. The normalized spacial score (nSPS) is 19.3. The topological polar surface area (TPSA) is 71.3 Å². The molecule has 0 aliphatic carbocycles. The van der Waals surface area contributed by atoms with Gasteiger partial charge in [-0.3, -0.25) is 9.69 Å². The third-order valence-electron chi connectivity index (χ3n) is 2.99. The van der Waals surface area contributed by atoms with Crippen LogP contribution in [-0.2, 0) is 6.54 Å². The fourth-order valence-corrected chi connectivity index (χ4v) is 2.06. The Morgan fingerprint density at radius 1 is 1.67 bits per heavy atom. The first-order chi connectivity index (χ1) is 8.74. The highest BCUT2D eigenvalue weighted by atomic mass is 16.5. The van der Waals surface area contributed by atoms with Gasteiger partial charge in [-0.15, -0.1) is 0 Å². The number of hydrogen-bond donors (Lipinski definition) is 1. The Labute approximate surface area is 106 Å². The van der Waals surface area contributed by atoms with Crippen molar-refractivity contribution in [1.82, 2.24) is 20.4 Å². The summed E-state index contributed by atoms with van der Waals surface area (Å²) in [4.78, 5) is 17.6. The van der Waals surface area contributed by atoms with Gasteiger partial charge < -0.3 is 9.84 Å². The number of nitrogens with one attached hydrogen (secondary N) is 1. The van der Waals surface area contributed by atoms with Gasteiger partial charge in [0.25, 0.3) is 11.7 Å². The first-order valence-corrected chi connectivity index (χ1v) is 6.20. The molecule has 1 N–H and O–H groups in total. The molecule has 6 heteroatoms. The lowest BCUT2D eigenvalue weighted by Gasteiger charge is -2.21. The molecule has 98 valence electrons. The Morgan fingerprint density at radius 3 is 3.22 bits per heavy atom. The Kier molecular flexibility index (Phi) is 4.09. The Hall–Kier alpha value is -1.69. The van der Waals surface area contributed by atoms with Crippen LogP contribution in [0.4, 0.5) is 0 Å². The van der Waals surface area contributed by atoms with Crippen LogP contribution < -0.4 is 5.32 Å². The SMILES string of the molecule is CCC[C@H]1C=CCN1Cc1nc(C(=O)NC)no1. The van der Waals surface area contributed by atoms with Crippen molar-refractivity contribution in [1.29, 1.82) is 0 Å². The summed E-state index contributed by atoms with van der Waals surface area (Å²) in [6.07, 6.45) is 6.61. The van der Waals surface area contributed by atoms with Gasteiger partial charge in [0.1, 0.15) is 0 Å². The number of hydrogen-bond acceptors (Lipinski definition) is 5. The zero-order valence-electron chi connectivity index (χ0n) is 10.7. The summed E-state index contributed by atoms with van der Waals surface area (Å²) in [6, 6.07) is 0.436. The van der Waals surface area contributed by atoms with Crippen molar-refractivity contribution in [3.05, 3.63) is 23.9 Å². The molecule has 2 rings (SSSR count). The summed E-state index contributed by atoms with van der Waals surface area (Å²) in [7, 11) is 1.54. The van der Waals surface area contributed by atoms with Crippen LogP contribution in [0.1, 0.15) is 36.3 Å². The van der Waals surface area contributed by atoms with Gasteiger partial charge in [-0.25, -0.2) is 0 Å². The predicted octanol–water partition coefficient (Wildman–Crippen LogP) is 0.970. The standard InChI is InChI=1S/C12H18N4O2/c1-3-5-9-6-4-7-16(9)8-10-14-11(15-18-10)12(17)13-2/h4,6,9H,3,5,7-8H2,1-2H3,(H,13,17)/t9-/m0/s1. The molecule has 1 aromatic rings. The third kappa shape index (κ3) is 2.76. The molecule has 0 saturated carbocycles. The average Bonchev–Trinajstić information content (AvgIpc) is 3.00. The predicted molar refractivity (Wildman–Crippen MR) is 65.9 cm³/mol. The molecule has 0 aromatic carbocycles. The molecule has 0 radical (unpaired) electrons. The fourth-order valence-electron chi connectivity index (χ4n) is 2.06. The Balaban J connectivity index is 1.97. The van der Waals surface area contributed by atoms with E-state index in [4.69, 9.17) is 4.52 Å². The molecular weight excluding hydrogens is 232 g/mol. The maximum absolute atomic E-state index is 11.3. The molecule has 1 amide bonds. The van der Waals surface area contributed by atoms with E-state index in [-0.39, 0.29) is 11.7 Å². The van der Waals surface area contributed by atoms with Crippen LogP contribution in [0.3, 0.4) is 0 Å². The zero-order valence-corrected chi connectivity index (χ0v) is 10.7. The van der Waals surface area contributed by atoms with Crippen molar-refractivity contribution in [2.24, 2.45) is 0 Å². The molecule has 1 atom stereocenters. The molecule has 1 aliphatic rings. The molecule has 0 bridgehead atoms. The van der Waals surface area contributed by atoms with Gasteiger partial charge in [0.15, 0.2) is 0 Å². The van der Waals surface area contributed by atoms with Crippen molar-refractivity contribution in [3.8, 4) is 0 Å². The maximum atomic E-state index is 11.3. The summed E-state index contributed by atoms with van der Waals surface area (Å²) in [5.74, 6) is 0.250. The second-order valence-electron chi connectivity index (χ2n) is 4.30. The van der Waals surface area contributed by atoms with Gasteiger partial charge in [0.2, 0.25) is 5.89 Å². The second-order valence-corrected chi connectivity index (χ2v) is 4.30. The lowest BCUT2D eigenvalue weighted by atomic mass is 10.1. The highest BCUT2D eigenvalue weighted by molar-refractivity contribution is 5.89. The molecule has 18 heavy (non-hydrogen) atoms. The van der Waals surface area contributed by atoms with Gasteiger partial charge in [-0.2, -0.15) is 4.98 Å². The second kappa shape index (κ2) is 5.77. The quantitative estimate of drug-likeness (QED) is 0.788. The molecular formula is C12H18N4O2. The zero-order chi connectivity index (χ0) is 13.0. The van der Waals surface area contributed by atoms with Crippen LogP contribution in [-0.4, -0.2) is 40.6 Å². The number of carbonyl (C=O) groups is 1. The van der Waals surface area contributed by atoms with Gasteiger partial charge in [0, 0.05) is 19.6 Å². The molecule has 6 nitrogen and oxygen atoms in total. The highest BCUT2D eigenvalue weighted by Crippen LogP contribution is 2.17. The number of rotatable bonds is 5. The van der Waals surface area contributed by atoms with Crippen LogP contribution in [0.2, 0.25) is 0 Å². The highest BCUT2D eigenvalue weighted by Gasteiger charge is 2.22.